The first-order valence-corrected chi connectivity index (χ1v) is 8.08. The monoisotopic (exact) mass is 339 g/mol. The van der Waals surface area contributed by atoms with Crippen molar-refractivity contribution in [1.29, 1.82) is 0 Å². The van der Waals surface area contributed by atoms with Crippen molar-refractivity contribution in [2.24, 2.45) is 0 Å². The fraction of sp³-hybridized carbons (Fsp3) is 0.529. The summed E-state index contributed by atoms with van der Waals surface area (Å²) in [7, 11) is 0. The summed E-state index contributed by atoms with van der Waals surface area (Å²) in [4.78, 5) is 25.9. The van der Waals surface area contributed by atoms with Crippen LogP contribution in [0, 0.1) is 0 Å². The summed E-state index contributed by atoms with van der Waals surface area (Å²) in [6, 6.07) is 5.64. The number of nitrogens with one attached hydrogen (secondary N) is 2. The average molecular weight is 340 g/mol. The molecule has 0 spiro atoms. The van der Waals surface area contributed by atoms with E-state index in [0.717, 1.165) is 42.9 Å². The largest absolute Gasteiger partial charge is 0.326 e. The maximum Gasteiger partial charge on any atom is 0.238 e. The fourth-order valence-corrected chi connectivity index (χ4v) is 2.84. The number of carbonyl (C=O) groups is 2. The van der Waals surface area contributed by atoms with Gasteiger partial charge in [-0.2, -0.15) is 0 Å². The smallest absolute Gasteiger partial charge is 0.238 e. The first kappa shape index (κ1) is 19.5. The standard InChI is InChI=1S/C17H25N3O2.ClH/c1-3-10-20(11-4-2)12-17(22)19-15-7-5-6-14-13(15)8-9-16(21)18-14;/h5-7H,3-4,8-12H2,1-2H3,(H,18,21)(H,19,22);1H. The Labute approximate surface area is 144 Å². The minimum Gasteiger partial charge on any atom is -0.326 e. The van der Waals surface area contributed by atoms with E-state index >= 15 is 0 Å². The fourth-order valence-electron chi connectivity index (χ4n) is 2.84. The predicted octanol–water partition coefficient (Wildman–Crippen LogP) is 3.05. The SMILES string of the molecule is CCCN(CCC)CC(=O)Nc1cccc2c1CCC(=O)N2.Cl. The molecule has 23 heavy (non-hydrogen) atoms. The second-order valence-corrected chi connectivity index (χ2v) is 5.70. The Balaban J connectivity index is 0.00000264. The van der Waals surface area contributed by atoms with Crippen LogP contribution in [0.5, 0.6) is 0 Å². The van der Waals surface area contributed by atoms with Crippen molar-refractivity contribution in [3.8, 4) is 0 Å². The summed E-state index contributed by atoms with van der Waals surface area (Å²) < 4.78 is 0. The van der Waals surface area contributed by atoms with Crippen LogP contribution in [-0.2, 0) is 16.0 Å². The molecular formula is C17H26ClN3O2. The van der Waals surface area contributed by atoms with E-state index < -0.39 is 0 Å². The number of rotatable bonds is 7. The number of fused-ring (bicyclic) bond motifs is 1. The van der Waals surface area contributed by atoms with E-state index in [1.807, 2.05) is 18.2 Å². The molecule has 0 radical (unpaired) electrons. The third-order valence-electron chi connectivity index (χ3n) is 3.77. The molecule has 0 atom stereocenters. The lowest BCUT2D eigenvalue weighted by atomic mass is 10.0. The van der Waals surface area contributed by atoms with E-state index in [9.17, 15) is 9.59 Å². The summed E-state index contributed by atoms with van der Waals surface area (Å²) >= 11 is 0. The van der Waals surface area contributed by atoms with E-state index in [4.69, 9.17) is 0 Å². The van der Waals surface area contributed by atoms with Gasteiger partial charge in [-0.1, -0.05) is 19.9 Å². The number of carbonyl (C=O) groups excluding carboxylic acids is 2. The minimum atomic E-state index is 0. The van der Waals surface area contributed by atoms with Gasteiger partial charge in [0.1, 0.15) is 0 Å². The van der Waals surface area contributed by atoms with Crippen molar-refractivity contribution in [3.63, 3.8) is 0 Å². The molecule has 128 valence electrons. The van der Waals surface area contributed by atoms with Gasteiger partial charge in [-0.15, -0.1) is 12.4 Å². The van der Waals surface area contributed by atoms with Crippen LogP contribution >= 0.6 is 12.4 Å². The molecule has 0 fully saturated rings. The molecule has 1 aliphatic rings. The summed E-state index contributed by atoms with van der Waals surface area (Å²) in [6.07, 6.45) is 3.23. The number of hydrogen-bond donors (Lipinski definition) is 2. The summed E-state index contributed by atoms with van der Waals surface area (Å²) in [5, 5.41) is 5.85. The van der Waals surface area contributed by atoms with Gasteiger partial charge in [-0.05, 0) is 50.0 Å². The molecule has 1 heterocycles. The zero-order chi connectivity index (χ0) is 15.9. The van der Waals surface area contributed by atoms with Crippen LogP contribution in [0.3, 0.4) is 0 Å². The number of benzene rings is 1. The summed E-state index contributed by atoms with van der Waals surface area (Å²) in [5.74, 6) is 0.0419. The second kappa shape index (κ2) is 9.53. The van der Waals surface area contributed by atoms with Crippen molar-refractivity contribution in [3.05, 3.63) is 23.8 Å². The van der Waals surface area contributed by atoms with Gasteiger partial charge in [-0.25, -0.2) is 0 Å². The van der Waals surface area contributed by atoms with Gasteiger partial charge >= 0.3 is 0 Å². The normalized spacial score (nSPS) is 13.1. The van der Waals surface area contributed by atoms with Crippen LogP contribution in [0.1, 0.15) is 38.7 Å². The highest BCUT2D eigenvalue weighted by Crippen LogP contribution is 2.29. The van der Waals surface area contributed by atoms with Crippen LogP contribution in [-0.4, -0.2) is 36.3 Å². The lowest BCUT2D eigenvalue weighted by Gasteiger charge is -2.22. The molecule has 5 nitrogen and oxygen atoms in total. The van der Waals surface area contributed by atoms with Gasteiger partial charge in [0.25, 0.3) is 0 Å². The number of hydrogen-bond acceptors (Lipinski definition) is 3. The van der Waals surface area contributed by atoms with E-state index in [0.29, 0.717) is 19.4 Å². The van der Waals surface area contributed by atoms with Gasteiger partial charge in [0.15, 0.2) is 0 Å². The highest BCUT2D eigenvalue weighted by Gasteiger charge is 2.19. The van der Waals surface area contributed by atoms with Crippen LogP contribution < -0.4 is 10.6 Å². The molecule has 2 amide bonds. The quantitative estimate of drug-likeness (QED) is 0.802. The Hall–Kier alpha value is -1.59. The van der Waals surface area contributed by atoms with Crippen molar-refractivity contribution < 1.29 is 9.59 Å². The van der Waals surface area contributed by atoms with Gasteiger partial charge in [-0.3, -0.25) is 14.5 Å². The topological polar surface area (TPSA) is 61.4 Å². The second-order valence-electron chi connectivity index (χ2n) is 5.70. The van der Waals surface area contributed by atoms with Gasteiger partial charge in [0, 0.05) is 17.8 Å². The maximum atomic E-state index is 12.3. The van der Waals surface area contributed by atoms with Gasteiger partial charge < -0.3 is 10.6 Å². The Morgan fingerprint density at radius 1 is 1.22 bits per heavy atom. The van der Waals surface area contributed by atoms with Crippen molar-refractivity contribution >= 4 is 35.6 Å². The van der Waals surface area contributed by atoms with E-state index in [1.165, 1.54) is 0 Å². The number of nitrogens with zero attached hydrogens (tertiary/aromatic N) is 1. The van der Waals surface area contributed by atoms with E-state index in [-0.39, 0.29) is 24.2 Å². The van der Waals surface area contributed by atoms with Gasteiger partial charge in [0.2, 0.25) is 11.8 Å². The first-order chi connectivity index (χ1) is 10.6. The molecule has 0 saturated heterocycles. The molecule has 0 bridgehead atoms. The molecule has 1 aromatic carbocycles. The van der Waals surface area contributed by atoms with E-state index in [1.54, 1.807) is 0 Å². The number of anilines is 2. The maximum absolute atomic E-state index is 12.3. The zero-order valence-corrected chi connectivity index (χ0v) is 14.7. The highest BCUT2D eigenvalue weighted by molar-refractivity contribution is 5.98. The highest BCUT2D eigenvalue weighted by atomic mass is 35.5. The Kier molecular flexibility index (Phi) is 8.06. The first-order valence-electron chi connectivity index (χ1n) is 8.08. The minimum absolute atomic E-state index is 0. The van der Waals surface area contributed by atoms with Crippen molar-refractivity contribution in [1.82, 2.24) is 4.90 Å². The lowest BCUT2D eigenvalue weighted by Crippen LogP contribution is -2.34. The number of halogens is 1. The average Bonchev–Trinajstić information content (AvgIpc) is 2.47. The van der Waals surface area contributed by atoms with Crippen molar-refractivity contribution in [2.45, 2.75) is 39.5 Å². The summed E-state index contributed by atoms with van der Waals surface area (Å²) in [5.41, 5.74) is 2.65. The Morgan fingerprint density at radius 3 is 2.57 bits per heavy atom. The zero-order valence-electron chi connectivity index (χ0n) is 13.9. The molecule has 1 aromatic rings. The molecule has 0 aromatic heterocycles. The molecule has 1 aliphatic heterocycles. The Morgan fingerprint density at radius 2 is 1.91 bits per heavy atom. The summed E-state index contributed by atoms with van der Waals surface area (Å²) in [6.45, 7) is 6.53. The third kappa shape index (κ3) is 5.52. The molecule has 0 unspecified atom stereocenters. The molecule has 2 rings (SSSR count). The molecule has 0 saturated carbocycles. The molecule has 0 aliphatic carbocycles. The van der Waals surface area contributed by atoms with Crippen LogP contribution in [0.15, 0.2) is 18.2 Å². The predicted molar refractivity (Wildman–Crippen MR) is 96.3 cm³/mol. The van der Waals surface area contributed by atoms with Crippen LogP contribution in [0.2, 0.25) is 0 Å². The molecule has 2 N–H and O–H groups in total. The van der Waals surface area contributed by atoms with Crippen LogP contribution in [0.25, 0.3) is 0 Å². The Bertz CT molecular complexity index is 543. The van der Waals surface area contributed by atoms with Crippen LogP contribution in [0.4, 0.5) is 11.4 Å². The van der Waals surface area contributed by atoms with Crippen molar-refractivity contribution in [2.75, 3.05) is 30.3 Å². The van der Waals surface area contributed by atoms with Gasteiger partial charge in [0.05, 0.1) is 6.54 Å². The molecular weight excluding hydrogens is 314 g/mol. The molecule has 6 heteroatoms. The third-order valence-corrected chi connectivity index (χ3v) is 3.77. The van der Waals surface area contributed by atoms with E-state index in [2.05, 4.69) is 29.4 Å². The lowest BCUT2D eigenvalue weighted by molar-refractivity contribution is -0.117. The number of amides is 2.